The molecule has 0 saturated carbocycles. The molecule has 3 nitrogen and oxygen atoms in total. The summed E-state index contributed by atoms with van der Waals surface area (Å²) in [6.45, 7) is 3.94. The lowest BCUT2D eigenvalue weighted by Gasteiger charge is -2.07. The van der Waals surface area contributed by atoms with Gasteiger partial charge in [-0.3, -0.25) is 4.79 Å². The zero-order chi connectivity index (χ0) is 13.7. The summed E-state index contributed by atoms with van der Waals surface area (Å²) in [4.78, 5) is 17.3. The van der Waals surface area contributed by atoms with Crippen molar-refractivity contribution in [3.05, 3.63) is 28.6 Å². The first-order chi connectivity index (χ1) is 9.15. The van der Waals surface area contributed by atoms with E-state index in [2.05, 4.69) is 27.1 Å². The molecular weight excluding hydrogens is 296 g/mol. The van der Waals surface area contributed by atoms with Gasteiger partial charge in [-0.05, 0) is 25.3 Å². The summed E-state index contributed by atoms with van der Waals surface area (Å²) in [6.07, 6.45) is 0. The zero-order valence-corrected chi connectivity index (χ0v) is 13.3. The van der Waals surface area contributed by atoms with E-state index in [1.54, 1.807) is 34.4 Å². The van der Waals surface area contributed by atoms with Gasteiger partial charge in [-0.1, -0.05) is 6.07 Å². The van der Waals surface area contributed by atoms with Crippen LogP contribution in [-0.4, -0.2) is 22.7 Å². The van der Waals surface area contributed by atoms with Gasteiger partial charge in [-0.2, -0.15) is 0 Å². The average Bonchev–Trinajstić information content (AvgIpc) is 2.97. The highest BCUT2D eigenvalue weighted by Gasteiger charge is 2.07. The number of thiazole rings is 1. The van der Waals surface area contributed by atoms with Crippen LogP contribution >= 0.6 is 34.4 Å². The molecule has 2 aromatic heterocycles. The van der Waals surface area contributed by atoms with E-state index in [4.69, 9.17) is 0 Å². The van der Waals surface area contributed by atoms with Gasteiger partial charge in [0.1, 0.15) is 5.01 Å². The molecule has 0 aliphatic rings. The van der Waals surface area contributed by atoms with Gasteiger partial charge < -0.3 is 5.32 Å². The van der Waals surface area contributed by atoms with Crippen molar-refractivity contribution in [2.24, 2.45) is 0 Å². The van der Waals surface area contributed by atoms with Crippen molar-refractivity contribution >= 4 is 40.3 Å². The lowest BCUT2D eigenvalue weighted by Crippen LogP contribution is -2.31. The Morgan fingerprint density at radius 3 is 3.00 bits per heavy atom. The summed E-state index contributed by atoms with van der Waals surface area (Å²) < 4.78 is 0. The molecular formula is C13H16N2OS3. The maximum Gasteiger partial charge on any atom is 0.230 e. The lowest BCUT2D eigenvalue weighted by atomic mass is 10.4. The zero-order valence-electron chi connectivity index (χ0n) is 10.9. The third kappa shape index (κ3) is 4.63. The number of thioether (sulfide) groups is 1. The molecule has 102 valence electrons. The highest BCUT2D eigenvalue weighted by molar-refractivity contribution is 7.99. The second-order valence-electron chi connectivity index (χ2n) is 4.34. The van der Waals surface area contributed by atoms with Crippen molar-refractivity contribution in [2.75, 3.05) is 5.75 Å². The summed E-state index contributed by atoms with van der Waals surface area (Å²) in [5.41, 5.74) is 1.05. The van der Waals surface area contributed by atoms with Crippen molar-refractivity contribution in [1.29, 1.82) is 0 Å². The van der Waals surface area contributed by atoms with Gasteiger partial charge in [0.15, 0.2) is 0 Å². The molecule has 19 heavy (non-hydrogen) atoms. The maximum absolute atomic E-state index is 11.5. The molecule has 2 heterocycles. The summed E-state index contributed by atoms with van der Waals surface area (Å²) in [5, 5.41) is 8.08. The fourth-order valence-electron chi connectivity index (χ4n) is 1.50. The number of amides is 1. The molecule has 0 aromatic carbocycles. The standard InChI is InChI=1S/C13H16N2OS3/c1-9(2)14-12(16)8-17-6-10-7-19-13(15-10)11-4-3-5-18-11/h3-5,7,9H,6,8H2,1-2H3,(H,14,16). The van der Waals surface area contributed by atoms with E-state index in [-0.39, 0.29) is 11.9 Å². The SMILES string of the molecule is CC(C)NC(=O)CSCc1csc(-c2cccs2)n1. The molecule has 2 aromatic rings. The quantitative estimate of drug-likeness (QED) is 0.885. The maximum atomic E-state index is 11.5. The van der Waals surface area contributed by atoms with Crippen LogP contribution < -0.4 is 5.32 Å². The first-order valence-electron chi connectivity index (χ1n) is 6.00. The third-order valence-corrected chi connectivity index (χ3v) is 5.11. The van der Waals surface area contributed by atoms with E-state index in [0.717, 1.165) is 16.5 Å². The minimum Gasteiger partial charge on any atom is -0.353 e. The molecule has 0 spiro atoms. The average molecular weight is 312 g/mol. The van der Waals surface area contributed by atoms with Crippen molar-refractivity contribution < 1.29 is 4.79 Å². The Bertz CT molecular complexity index is 520. The van der Waals surface area contributed by atoms with Gasteiger partial charge in [0.25, 0.3) is 0 Å². The lowest BCUT2D eigenvalue weighted by molar-refractivity contribution is -0.119. The van der Waals surface area contributed by atoms with E-state index >= 15 is 0 Å². The molecule has 0 radical (unpaired) electrons. The molecule has 0 aliphatic carbocycles. The van der Waals surface area contributed by atoms with Crippen LogP contribution in [0.3, 0.4) is 0 Å². The Hall–Kier alpha value is -0.850. The first-order valence-corrected chi connectivity index (χ1v) is 8.92. The van der Waals surface area contributed by atoms with Gasteiger partial charge in [0.05, 0.1) is 16.3 Å². The Morgan fingerprint density at radius 2 is 2.32 bits per heavy atom. The molecule has 1 amide bonds. The molecule has 0 bridgehead atoms. The van der Waals surface area contributed by atoms with E-state index < -0.39 is 0 Å². The van der Waals surface area contributed by atoms with Crippen molar-refractivity contribution in [2.45, 2.75) is 25.6 Å². The molecule has 2 rings (SSSR count). The summed E-state index contributed by atoms with van der Waals surface area (Å²) in [7, 11) is 0. The molecule has 6 heteroatoms. The number of rotatable bonds is 6. The Morgan fingerprint density at radius 1 is 1.47 bits per heavy atom. The molecule has 0 unspecified atom stereocenters. The second kappa shape index (κ2) is 7.07. The monoisotopic (exact) mass is 312 g/mol. The van der Waals surface area contributed by atoms with Gasteiger partial charge in [-0.15, -0.1) is 34.4 Å². The third-order valence-electron chi connectivity index (χ3n) is 2.22. The number of hydrogen-bond acceptors (Lipinski definition) is 5. The van der Waals surface area contributed by atoms with Gasteiger partial charge in [0.2, 0.25) is 5.91 Å². The normalized spacial score (nSPS) is 10.9. The number of aromatic nitrogens is 1. The number of hydrogen-bond donors (Lipinski definition) is 1. The Labute approximate surface area is 125 Å². The number of carbonyl (C=O) groups excluding carboxylic acids is 1. The van der Waals surface area contributed by atoms with Crippen molar-refractivity contribution in [3.63, 3.8) is 0 Å². The summed E-state index contributed by atoms with van der Waals surface area (Å²) >= 11 is 4.97. The van der Waals surface area contributed by atoms with E-state index in [1.807, 2.05) is 19.9 Å². The van der Waals surface area contributed by atoms with Gasteiger partial charge >= 0.3 is 0 Å². The minimum atomic E-state index is 0.0914. The van der Waals surface area contributed by atoms with Crippen LogP contribution in [0.4, 0.5) is 0 Å². The Balaban J connectivity index is 1.79. The smallest absolute Gasteiger partial charge is 0.230 e. The number of carbonyl (C=O) groups is 1. The van der Waals surface area contributed by atoms with Gasteiger partial charge in [-0.25, -0.2) is 4.98 Å². The van der Waals surface area contributed by atoms with Crippen LogP contribution in [0.1, 0.15) is 19.5 Å². The summed E-state index contributed by atoms with van der Waals surface area (Å²) in [5.74, 6) is 1.37. The van der Waals surface area contributed by atoms with E-state index in [0.29, 0.717) is 5.75 Å². The van der Waals surface area contributed by atoms with Crippen LogP contribution in [0, 0.1) is 0 Å². The molecule has 0 aliphatic heterocycles. The molecule has 0 saturated heterocycles. The first kappa shape index (κ1) is 14.6. The van der Waals surface area contributed by atoms with Crippen LogP contribution in [-0.2, 0) is 10.5 Å². The number of thiophene rings is 1. The van der Waals surface area contributed by atoms with Crippen LogP contribution in [0.15, 0.2) is 22.9 Å². The number of nitrogens with one attached hydrogen (secondary N) is 1. The second-order valence-corrected chi connectivity index (χ2v) is 7.13. The van der Waals surface area contributed by atoms with Crippen LogP contribution in [0.5, 0.6) is 0 Å². The largest absolute Gasteiger partial charge is 0.353 e. The molecule has 0 fully saturated rings. The minimum absolute atomic E-state index is 0.0914. The topological polar surface area (TPSA) is 42.0 Å². The van der Waals surface area contributed by atoms with Crippen LogP contribution in [0.25, 0.3) is 9.88 Å². The predicted molar refractivity (Wildman–Crippen MR) is 84.9 cm³/mol. The highest BCUT2D eigenvalue weighted by Crippen LogP contribution is 2.28. The van der Waals surface area contributed by atoms with Gasteiger partial charge in [0, 0.05) is 17.2 Å². The van der Waals surface area contributed by atoms with Crippen LogP contribution in [0.2, 0.25) is 0 Å². The predicted octanol–water partition coefficient (Wildman–Crippen LogP) is 3.63. The fraction of sp³-hybridized carbons (Fsp3) is 0.385. The Kier molecular flexibility index (Phi) is 5.42. The highest BCUT2D eigenvalue weighted by atomic mass is 32.2. The molecule has 1 N–H and O–H groups in total. The van der Waals surface area contributed by atoms with Crippen molar-refractivity contribution in [1.82, 2.24) is 10.3 Å². The van der Waals surface area contributed by atoms with Crippen molar-refractivity contribution in [3.8, 4) is 9.88 Å². The van der Waals surface area contributed by atoms with E-state index in [1.165, 1.54) is 4.88 Å². The summed E-state index contributed by atoms with van der Waals surface area (Å²) in [6, 6.07) is 4.32. The fourth-order valence-corrected chi connectivity index (χ4v) is 3.97. The number of nitrogens with zero attached hydrogens (tertiary/aromatic N) is 1. The molecule has 0 atom stereocenters. The van der Waals surface area contributed by atoms with E-state index in [9.17, 15) is 4.79 Å².